The van der Waals surface area contributed by atoms with Gasteiger partial charge in [0.05, 0.1) is 11.5 Å². The molecule has 0 aliphatic rings. The second-order valence-corrected chi connectivity index (χ2v) is 3.13. The predicted molar refractivity (Wildman–Crippen MR) is 56.2 cm³/mol. The first-order chi connectivity index (χ1) is 7.75. The molecule has 0 fully saturated rings. The van der Waals surface area contributed by atoms with Gasteiger partial charge in [0.25, 0.3) is 5.69 Å². The summed E-state index contributed by atoms with van der Waals surface area (Å²) in [6, 6.07) is 6.45. The molecule has 0 amide bonds. The third-order valence-corrected chi connectivity index (χ3v) is 2.01. The number of nitro groups is 1. The Hall–Kier alpha value is -2.44. The Morgan fingerprint density at radius 3 is 2.81 bits per heavy atom. The van der Waals surface area contributed by atoms with Gasteiger partial charge in [-0.1, -0.05) is 12.1 Å². The van der Waals surface area contributed by atoms with Crippen molar-refractivity contribution < 1.29 is 4.92 Å². The summed E-state index contributed by atoms with van der Waals surface area (Å²) in [5, 5.41) is 17.8. The predicted octanol–water partition coefficient (Wildman–Crippen LogP) is 0.930. The maximum absolute atomic E-state index is 10.5. The molecule has 7 nitrogen and oxygen atoms in total. The van der Waals surface area contributed by atoms with E-state index >= 15 is 0 Å². The molecule has 0 aliphatic heterocycles. The van der Waals surface area contributed by atoms with Crippen LogP contribution in [0.15, 0.2) is 36.9 Å². The van der Waals surface area contributed by atoms with E-state index in [2.05, 4.69) is 15.6 Å². The first kappa shape index (κ1) is 10.1. The summed E-state index contributed by atoms with van der Waals surface area (Å²) in [4.78, 5) is 10.1. The molecule has 7 heteroatoms. The molecule has 0 spiro atoms. The molecule has 1 heterocycles. The van der Waals surface area contributed by atoms with Gasteiger partial charge >= 0.3 is 0 Å². The molecule has 0 radical (unpaired) electrons. The topological polar surface area (TPSA) is 85.9 Å². The molecule has 0 atom stereocenters. The SMILES string of the molecule is O=[N+]([O-])c1cccc(CNn2cnnc2)c1. The largest absolute Gasteiger partial charge is 0.319 e. The van der Waals surface area contributed by atoms with Crippen molar-refractivity contribution in [2.45, 2.75) is 6.54 Å². The van der Waals surface area contributed by atoms with E-state index < -0.39 is 4.92 Å². The Morgan fingerprint density at radius 1 is 1.38 bits per heavy atom. The van der Waals surface area contributed by atoms with Gasteiger partial charge < -0.3 is 5.43 Å². The molecular weight excluding hydrogens is 210 g/mol. The van der Waals surface area contributed by atoms with Gasteiger partial charge in [-0.15, -0.1) is 10.2 Å². The van der Waals surface area contributed by atoms with Crippen LogP contribution in [0.25, 0.3) is 0 Å². The molecule has 82 valence electrons. The van der Waals surface area contributed by atoms with Crippen molar-refractivity contribution in [3.8, 4) is 0 Å². The van der Waals surface area contributed by atoms with Crippen molar-refractivity contribution in [1.29, 1.82) is 0 Å². The lowest BCUT2D eigenvalue weighted by Gasteiger charge is -2.05. The van der Waals surface area contributed by atoms with Crippen molar-refractivity contribution in [3.05, 3.63) is 52.6 Å². The quantitative estimate of drug-likeness (QED) is 0.610. The van der Waals surface area contributed by atoms with Gasteiger partial charge in [0.1, 0.15) is 12.7 Å². The van der Waals surface area contributed by atoms with Crippen LogP contribution in [0.2, 0.25) is 0 Å². The van der Waals surface area contributed by atoms with E-state index in [0.29, 0.717) is 6.54 Å². The molecule has 0 aliphatic carbocycles. The van der Waals surface area contributed by atoms with E-state index in [4.69, 9.17) is 0 Å². The number of hydrogen-bond donors (Lipinski definition) is 1. The Morgan fingerprint density at radius 2 is 2.12 bits per heavy atom. The van der Waals surface area contributed by atoms with E-state index in [0.717, 1.165) is 5.56 Å². The Bertz CT molecular complexity index is 482. The molecule has 0 saturated heterocycles. The summed E-state index contributed by atoms with van der Waals surface area (Å²) in [5.74, 6) is 0. The molecular formula is C9H9N5O2. The number of nitrogens with zero attached hydrogens (tertiary/aromatic N) is 4. The fourth-order valence-corrected chi connectivity index (χ4v) is 1.24. The monoisotopic (exact) mass is 219 g/mol. The van der Waals surface area contributed by atoms with Gasteiger partial charge in [-0.2, -0.15) is 0 Å². The van der Waals surface area contributed by atoms with Gasteiger partial charge in [0.2, 0.25) is 0 Å². The van der Waals surface area contributed by atoms with Crippen molar-refractivity contribution >= 4 is 5.69 Å². The van der Waals surface area contributed by atoms with Crippen LogP contribution in [0.3, 0.4) is 0 Å². The highest BCUT2D eigenvalue weighted by molar-refractivity contribution is 5.34. The summed E-state index contributed by atoms with van der Waals surface area (Å²) < 4.78 is 1.58. The van der Waals surface area contributed by atoms with Gasteiger partial charge in [-0.05, 0) is 5.56 Å². The van der Waals surface area contributed by atoms with Crippen molar-refractivity contribution in [3.63, 3.8) is 0 Å². The van der Waals surface area contributed by atoms with Gasteiger partial charge in [0.15, 0.2) is 0 Å². The third kappa shape index (κ3) is 2.32. The Kier molecular flexibility index (Phi) is 2.77. The zero-order valence-electron chi connectivity index (χ0n) is 8.28. The highest BCUT2D eigenvalue weighted by Crippen LogP contribution is 2.12. The molecule has 0 bridgehead atoms. The zero-order valence-corrected chi connectivity index (χ0v) is 8.28. The minimum Gasteiger partial charge on any atom is -0.319 e. The second kappa shape index (κ2) is 4.39. The Balaban J connectivity index is 2.04. The molecule has 2 aromatic rings. The summed E-state index contributed by atoms with van der Waals surface area (Å²) in [6.07, 6.45) is 3.02. The fraction of sp³-hybridized carbons (Fsp3) is 0.111. The Labute approximate surface area is 90.9 Å². The van der Waals surface area contributed by atoms with E-state index in [1.54, 1.807) is 10.7 Å². The smallest absolute Gasteiger partial charge is 0.269 e. The van der Waals surface area contributed by atoms with Crippen LogP contribution < -0.4 is 5.43 Å². The summed E-state index contributed by atoms with van der Waals surface area (Å²) in [6.45, 7) is 0.472. The lowest BCUT2D eigenvalue weighted by Crippen LogP contribution is -2.12. The van der Waals surface area contributed by atoms with Gasteiger partial charge in [0, 0.05) is 12.1 Å². The first-order valence-electron chi connectivity index (χ1n) is 4.57. The van der Waals surface area contributed by atoms with E-state index in [1.807, 2.05) is 6.07 Å². The zero-order chi connectivity index (χ0) is 11.4. The molecule has 1 aromatic carbocycles. The van der Waals surface area contributed by atoms with Crippen LogP contribution in [-0.2, 0) is 6.54 Å². The number of rotatable bonds is 4. The second-order valence-electron chi connectivity index (χ2n) is 3.13. The van der Waals surface area contributed by atoms with Crippen LogP contribution in [0, 0.1) is 10.1 Å². The average molecular weight is 219 g/mol. The number of non-ortho nitro benzene ring substituents is 1. The molecule has 16 heavy (non-hydrogen) atoms. The van der Waals surface area contributed by atoms with Gasteiger partial charge in [-0.3, -0.25) is 10.1 Å². The number of aromatic nitrogens is 3. The number of nitrogens with one attached hydrogen (secondary N) is 1. The molecule has 0 saturated carbocycles. The lowest BCUT2D eigenvalue weighted by atomic mass is 10.2. The summed E-state index contributed by atoms with van der Waals surface area (Å²) >= 11 is 0. The van der Waals surface area contributed by atoms with Crippen molar-refractivity contribution in [2.75, 3.05) is 5.43 Å². The number of nitro benzene ring substituents is 1. The highest BCUT2D eigenvalue weighted by atomic mass is 16.6. The van der Waals surface area contributed by atoms with Crippen LogP contribution in [-0.4, -0.2) is 19.8 Å². The van der Waals surface area contributed by atoms with Crippen LogP contribution in [0.5, 0.6) is 0 Å². The van der Waals surface area contributed by atoms with Crippen molar-refractivity contribution in [1.82, 2.24) is 14.9 Å². The number of benzene rings is 1. The molecule has 2 rings (SSSR count). The van der Waals surface area contributed by atoms with Gasteiger partial charge in [-0.25, -0.2) is 4.68 Å². The molecule has 0 unspecified atom stereocenters. The minimum absolute atomic E-state index is 0.0862. The maximum atomic E-state index is 10.5. The lowest BCUT2D eigenvalue weighted by molar-refractivity contribution is -0.384. The summed E-state index contributed by atoms with van der Waals surface area (Å²) in [5.41, 5.74) is 3.88. The van der Waals surface area contributed by atoms with Crippen LogP contribution in [0.4, 0.5) is 5.69 Å². The normalized spacial score (nSPS) is 10.0. The number of hydrogen-bond acceptors (Lipinski definition) is 5. The average Bonchev–Trinajstić information content (AvgIpc) is 2.79. The molecule has 1 N–H and O–H groups in total. The van der Waals surface area contributed by atoms with E-state index in [9.17, 15) is 10.1 Å². The highest BCUT2D eigenvalue weighted by Gasteiger charge is 2.04. The molecule has 1 aromatic heterocycles. The fourth-order valence-electron chi connectivity index (χ4n) is 1.24. The van der Waals surface area contributed by atoms with E-state index in [1.165, 1.54) is 24.8 Å². The minimum atomic E-state index is -0.414. The van der Waals surface area contributed by atoms with Crippen LogP contribution in [0.1, 0.15) is 5.56 Å². The first-order valence-corrected chi connectivity index (χ1v) is 4.57. The standard InChI is InChI=1S/C9H9N5O2/c15-14(16)9-3-1-2-8(4-9)5-12-13-6-10-11-7-13/h1-4,6-7,12H,5H2. The third-order valence-electron chi connectivity index (χ3n) is 2.01. The maximum Gasteiger partial charge on any atom is 0.269 e. The van der Waals surface area contributed by atoms with Crippen LogP contribution >= 0.6 is 0 Å². The van der Waals surface area contributed by atoms with Crippen molar-refractivity contribution in [2.24, 2.45) is 0 Å². The summed E-state index contributed by atoms with van der Waals surface area (Å²) in [7, 11) is 0. The van der Waals surface area contributed by atoms with E-state index in [-0.39, 0.29) is 5.69 Å².